The minimum atomic E-state index is 0.157. The van der Waals surface area contributed by atoms with Crippen LogP contribution in [-0.2, 0) is 17.8 Å². The minimum Gasteiger partial charge on any atom is -0.484 e. The van der Waals surface area contributed by atoms with Gasteiger partial charge in [-0.3, -0.25) is 9.69 Å². The van der Waals surface area contributed by atoms with E-state index in [9.17, 15) is 4.79 Å². The lowest BCUT2D eigenvalue weighted by Crippen LogP contribution is -2.38. The first-order valence-electron chi connectivity index (χ1n) is 9.70. The van der Waals surface area contributed by atoms with Crippen molar-refractivity contribution in [3.63, 3.8) is 0 Å². The average Bonchev–Trinajstić information content (AvgIpc) is 3.36. The Bertz CT molecular complexity index is 715. The average molecular weight is 372 g/mol. The molecule has 1 amide bonds. The summed E-state index contributed by atoms with van der Waals surface area (Å²) in [6, 6.07) is 9.97. The molecule has 2 heterocycles. The lowest BCUT2D eigenvalue weighted by atomic mass is 10.2. The quantitative estimate of drug-likeness (QED) is 0.674. The Morgan fingerprint density at radius 3 is 2.70 bits per heavy atom. The first-order valence-corrected chi connectivity index (χ1v) is 9.70. The van der Waals surface area contributed by atoms with Crippen LogP contribution in [0, 0.1) is 0 Å². The Kier molecular flexibility index (Phi) is 6.81. The standard InChI is InChI=1S/C20H28N4O3/c1-3-23(4-2)16-12-13-24(14-16)20(25)11-10-18-21-22-19(27-18)15-26-17-8-6-5-7-9-17/h5-9,16H,3-4,10-15H2,1-2H3. The van der Waals surface area contributed by atoms with E-state index < -0.39 is 0 Å². The molecule has 2 aromatic rings. The van der Waals surface area contributed by atoms with Crippen molar-refractivity contribution in [1.29, 1.82) is 0 Å². The highest BCUT2D eigenvalue weighted by atomic mass is 16.5. The van der Waals surface area contributed by atoms with Gasteiger partial charge in [-0.2, -0.15) is 0 Å². The normalized spacial score (nSPS) is 16.9. The maximum absolute atomic E-state index is 12.5. The van der Waals surface area contributed by atoms with Crippen LogP contribution >= 0.6 is 0 Å². The maximum atomic E-state index is 12.5. The van der Waals surface area contributed by atoms with Crippen molar-refractivity contribution < 1.29 is 13.9 Å². The number of hydrogen-bond acceptors (Lipinski definition) is 6. The van der Waals surface area contributed by atoms with Crippen LogP contribution in [0.1, 0.15) is 38.5 Å². The predicted octanol–water partition coefficient (Wildman–Crippen LogP) is 2.52. The Hall–Kier alpha value is -2.41. The third-order valence-corrected chi connectivity index (χ3v) is 5.01. The summed E-state index contributed by atoms with van der Waals surface area (Å²) >= 11 is 0. The lowest BCUT2D eigenvalue weighted by molar-refractivity contribution is -0.130. The Morgan fingerprint density at radius 2 is 1.96 bits per heavy atom. The first-order chi connectivity index (χ1) is 13.2. The van der Waals surface area contributed by atoms with Crippen LogP contribution in [0.25, 0.3) is 0 Å². The molecule has 0 N–H and O–H groups in total. The van der Waals surface area contributed by atoms with Gasteiger partial charge in [0.15, 0.2) is 6.61 Å². The van der Waals surface area contributed by atoms with Crippen LogP contribution in [0.15, 0.2) is 34.7 Å². The fourth-order valence-corrected chi connectivity index (χ4v) is 3.49. The summed E-state index contributed by atoms with van der Waals surface area (Å²) in [5, 5.41) is 8.01. The molecule has 1 fully saturated rings. The molecule has 0 saturated carbocycles. The number of aromatic nitrogens is 2. The van der Waals surface area contributed by atoms with Crippen LogP contribution in [0.3, 0.4) is 0 Å². The lowest BCUT2D eigenvalue weighted by Gasteiger charge is -2.26. The number of nitrogens with zero attached hydrogens (tertiary/aromatic N) is 4. The molecule has 27 heavy (non-hydrogen) atoms. The molecule has 7 nitrogen and oxygen atoms in total. The largest absolute Gasteiger partial charge is 0.484 e. The summed E-state index contributed by atoms with van der Waals surface area (Å²) in [5.41, 5.74) is 0. The van der Waals surface area contributed by atoms with Crippen LogP contribution in [0.2, 0.25) is 0 Å². The van der Waals surface area contributed by atoms with E-state index in [0.717, 1.165) is 38.3 Å². The van der Waals surface area contributed by atoms with Crippen LogP contribution in [0.4, 0.5) is 0 Å². The van der Waals surface area contributed by atoms with Gasteiger partial charge in [-0.15, -0.1) is 10.2 Å². The third-order valence-electron chi connectivity index (χ3n) is 5.01. The number of likely N-dealkylation sites (N-methyl/N-ethyl adjacent to an activating group) is 1. The molecular weight excluding hydrogens is 344 g/mol. The number of rotatable bonds is 9. The molecule has 146 valence electrons. The summed E-state index contributed by atoms with van der Waals surface area (Å²) < 4.78 is 11.2. The Morgan fingerprint density at radius 1 is 1.22 bits per heavy atom. The van der Waals surface area contributed by atoms with Crippen molar-refractivity contribution >= 4 is 5.91 Å². The summed E-state index contributed by atoms with van der Waals surface area (Å²) in [6.45, 7) is 8.27. The van der Waals surface area contributed by atoms with Gasteiger partial charge in [0.2, 0.25) is 11.8 Å². The van der Waals surface area contributed by atoms with Gasteiger partial charge in [-0.1, -0.05) is 32.0 Å². The molecule has 1 aromatic carbocycles. The number of amides is 1. The molecule has 0 radical (unpaired) electrons. The fourth-order valence-electron chi connectivity index (χ4n) is 3.49. The molecule has 1 aromatic heterocycles. The van der Waals surface area contributed by atoms with Gasteiger partial charge in [0.1, 0.15) is 5.75 Å². The van der Waals surface area contributed by atoms with Crippen molar-refractivity contribution in [3.05, 3.63) is 42.1 Å². The molecule has 0 spiro atoms. The van der Waals surface area contributed by atoms with Gasteiger partial charge >= 0.3 is 0 Å². The van der Waals surface area contributed by atoms with Crippen molar-refractivity contribution in [2.24, 2.45) is 0 Å². The van der Waals surface area contributed by atoms with E-state index in [4.69, 9.17) is 9.15 Å². The van der Waals surface area contributed by atoms with E-state index in [-0.39, 0.29) is 12.5 Å². The summed E-state index contributed by atoms with van der Waals surface area (Å²) in [4.78, 5) is 16.9. The smallest absolute Gasteiger partial charge is 0.253 e. The highest BCUT2D eigenvalue weighted by Crippen LogP contribution is 2.17. The molecule has 7 heteroatoms. The SMILES string of the molecule is CCN(CC)C1CCN(C(=O)CCc2nnc(COc3ccccc3)o2)C1. The molecule has 1 unspecified atom stereocenters. The second-order valence-electron chi connectivity index (χ2n) is 6.69. The molecule has 3 rings (SSSR count). The van der Waals surface area contributed by atoms with Gasteiger partial charge in [0, 0.05) is 32.0 Å². The van der Waals surface area contributed by atoms with E-state index in [2.05, 4.69) is 28.9 Å². The highest BCUT2D eigenvalue weighted by molar-refractivity contribution is 5.76. The topological polar surface area (TPSA) is 71.7 Å². The van der Waals surface area contributed by atoms with Crippen molar-refractivity contribution in [2.45, 2.75) is 45.8 Å². The molecule has 1 aliphatic heterocycles. The molecule has 1 atom stereocenters. The number of likely N-dealkylation sites (tertiary alicyclic amines) is 1. The number of benzene rings is 1. The number of carbonyl (C=O) groups is 1. The number of para-hydroxylation sites is 1. The predicted molar refractivity (Wildman–Crippen MR) is 101 cm³/mol. The monoisotopic (exact) mass is 372 g/mol. The molecule has 0 aliphatic carbocycles. The zero-order valence-corrected chi connectivity index (χ0v) is 16.1. The maximum Gasteiger partial charge on any atom is 0.253 e. The summed E-state index contributed by atoms with van der Waals surface area (Å²) in [5.74, 6) is 1.81. The second-order valence-corrected chi connectivity index (χ2v) is 6.69. The van der Waals surface area contributed by atoms with Crippen molar-refractivity contribution in [3.8, 4) is 5.75 Å². The first kappa shape index (κ1) is 19.4. The van der Waals surface area contributed by atoms with E-state index in [1.54, 1.807) is 0 Å². The molecular formula is C20H28N4O3. The van der Waals surface area contributed by atoms with Gasteiger partial charge in [-0.05, 0) is 31.6 Å². The zero-order chi connectivity index (χ0) is 19.1. The van der Waals surface area contributed by atoms with E-state index in [1.807, 2.05) is 35.2 Å². The fraction of sp³-hybridized carbons (Fsp3) is 0.550. The number of carbonyl (C=O) groups excluding carboxylic acids is 1. The molecule has 1 saturated heterocycles. The number of ether oxygens (including phenoxy) is 1. The molecule has 0 bridgehead atoms. The van der Waals surface area contributed by atoms with E-state index in [1.165, 1.54) is 0 Å². The zero-order valence-electron chi connectivity index (χ0n) is 16.1. The van der Waals surface area contributed by atoms with Gasteiger partial charge in [-0.25, -0.2) is 0 Å². The van der Waals surface area contributed by atoms with Gasteiger partial charge < -0.3 is 14.1 Å². The van der Waals surface area contributed by atoms with Crippen LogP contribution in [0.5, 0.6) is 5.75 Å². The van der Waals surface area contributed by atoms with Crippen molar-refractivity contribution in [2.75, 3.05) is 26.2 Å². The Labute approximate surface area is 160 Å². The number of hydrogen-bond donors (Lipinski definition) is 0. The van der Waals surface area contributed by atoms with Crippen molar-refractivity contribution in [1.82, 2.24) is 20.0 Å². The second kappa shape index (κ2) is 9.50. The minimum absolute atomic E-state index is 0.157. The molecule has 1 aliphatic rings. The van der Waals surface area contributed by atoms with E-state index in [0.29, 0.717) is 30.7 Å². The van der Waals surface area contributed by atoms with Crippen LogP contribution in [-0.4, -0.2) is 58.1 Å². The van der Waals surface area contributed by atoms with Crippen LogP contribution < -0.4 is 4.74 Å². The van der Waals surface area contributed by atoms with Gasteiger partial charge in [0.25, 0.3) is 5.89 Å². The van der Waals surface area contributed by atoms with E-state index >= 15 is 0 Å². The number of aryl methyl sites for hydroxylation is 1. The Balaban J connectivity index is 1.42. The summed E-state index contributed by atoms with van der Waals surface area (Å²) in [7, 11) is 0. The highest BCUT2D eigenvalue weighted by Gasteiger charge is 2.29. The summed E-state index contributed by atoms with van der Waals surface area (Å²) in [6.07, 6.45) is 1.91. The third kappa shape index (κ3) is 5.29. The van der Waals surface area contributed by atoms with Gasteiger partial charge in [0.05, 0.1) is 0 Å².